The minimum Gasteiger partial charge on any atom is -0.454 e. The summed E-state index contributed by atoms with van der Waals surface area (Å²) in [6, 6.07) is 18.0. The van der Waals surface area contributed by atoms with Crippen molar-refractivity contribution in [2.24, 2.45) is 0 Å². The summed E-state index contributed by atoms with van der Waals surface area (Å²) in [5, 5.41) is 9.14. The van der Waals surface area contributed by atoms with Gasteiger partial charge in [-0.15, -0.1) is 0 Å². The van der Waals surface area contributed by atoms with Crippen LogP contribution >= 0.6 is 0 Å². The zero-order chi connectivity index (χ0) is 13.2. The van der Waals surface area contributed by atoms with Crippen LogP contribution in [-0.4, -0.2) is 12.1 Å². The van der Waals surface area contributed by atoms with Gasteiger partial charge in [-0.2, -0.15) is 5.26 Å². The second kappa shape index (κ2) is 4.46. The molecule has 0 aromatic heterocycles. The Kier molecular flexibility index (Phi) is 2.66. The van der Waals surface area contributed by atoms with Crippen molar-refractivity contribution in [1.29, 1.82) is 5.26 Å². The van der Waals surface area contributed by atoms with Gasteiger partial charge in [-0.3, -0.25) is 9.69 Å². The topological polar surface area (TPSA) is 53.3 Å². The molecular weight excluding hydrogens is 240 g/mol. The van der Waals surface area contributed by atoms with Crippen molar-refractivity contribution in [3.8, 4) is 11.8 Å². The first-order valence-corrected chi connectivity index (χ1v) is 5.85. The fourth-order valence-corrected chi connectivity index (χ4v) is 2.07. The van der Waals surface area contributed by atoms with E-state index < -0.39 is 6.23 Å². The van der Waals surface area contributed by atoms with E-state index in [0.29, 0.717) is 17.0 Å². The molecule has 0 radical (unpaired) electrons. The highest BCUT2D eigenvalue weighted by molar-refractivity contribution is 6.08. The first-order valence-electron chi connectivity index (χ1n) is 5.85. The number of amides is 1. The maximum atomic E-state index is 12.5. The largest absolute Gasteiger partial charge is 0.454 e. The molecule has 0 bridgehead atoms. The molecule has 0 fully saturated rings. The minimum atomic E-state index is -0.912. The van der Waals surface area contributed by atoms with E-state index in [-0.39, 0.29) is 5.91 Å². The summed E-state index contributed by atoms with van der Waals surface area (Å²) in [6.07, 6.45) is -0.912. The Morgan fingerprint density at radius 1 is 1.11 bits per heavy atom. The summed E-state index contributed by atoms with van der Waals surface area (Å²) < 4.78 is 5.46. The normalized spacial score (nSPS) is 16.4. The van der Waals surface area contributed by atoms with Gasteiger partial charge in [0.25, 0.3) is 12.1 Å². The van der Waals surface area contributed by atoms with Crippen molar-refractivity contribution in [3.63, 3.8) is 0 Å². The summed E-state index contributed by atoms with van der Waals surface area (Å²) in [7, 11) is 0. The summed E-state index contributed by atoms with van der Waals surface area (Å²) in [5.41, 5.74) is 1.16. The average molecular weight is 250 g/mol. The maximum absolute atomic E-state index is 12.5. The predicted octanol–water partition coefficient (Wildman–Crippen LogP) is 2.58. The Hall–Kier alpha value is -2.80. The third-order valence-corrected chi connectivity index (χ3v) is 2.95. The lowest BCUT2D eigenvalue weighted by molar-refractivity contribution is 0.0960. The van der Waals surface area contributed by atoms with Crippen LogP contribution in [0.1, 0.15) is 10.4 Å². The Morgan fingerprint density at radius 2 is 1.79 bits per heavy atom. The van der Waals surface area contributed by atoms with Gasteiger partial charge in [-0.1, -0.05) is 30.3 Å². The van der Waals surface area contributed by atoms with Crippen LogP contribution in [0, 0.1) is 11.3 Å². The van der Waals surface area contributed by atoms with Crippen LogP contribution in [0.4, 0.5) is 5.69 Å². The molecular formula is C15H10N2O2. The molecule has 19 heavy (non-hydrogen) atoms. The van der Waals surface area contributed by atoms with E-state index in [0.717, 1.165) is 0 Å². The molecule has 0 N–H and O–H groups in total. The number of anilines is 1. The maximum Gasteiger partial charge on any atom is 0.267 e. The minimum absolute atomic E-state index is 0.239. The highest BCUT2D eigenvalue weighted by Crippen LogP contribution is 2.37. The molecule has 0 spiro atoms. The second-order valence-corrected chi connectivity index (χ2v) is 4.11. The Balaban J connectivity index is 2.04. The van der Waals surface area contributed by atoms with Crippen molar-refractivity contribution in [2.45, 2.75) is 6.23 Å². The van der Waals surface area contributed by atoms with E-state index in [2.05, 4.69) is 0 Å². The molecule has 2 aromatic carbocycles. The van der Waals surface area contributed by atoms with E-state index >= 15 is 0 Å². The number of ether oxygens (including phenoxy) is 1. The van der Waals surface area contributed by atoms with Crippen LogP contribution in [-0.2, 0) is 0 Å². The molecule has 0 saturated carbocycles. The number of rotatable bonds is 1. The lowest BCUT2D eigenvalue weighted by Crippen LogP contribution is -2.38. The number of fused-ring (bicyclic) bond motifs is 1. The Labute approximate surface area is 110 Å². The van der Waals surface area contributed by atoms with E-state index in [9.17, 15) is 4.79 Å². The average Bonchev–Trinajstić information content (AvgIpc) is 2.86. The Bertz CT molecular complexity index is 661. The number of nitriles is 1. The zero-order valence-corrected chi connectivity index (χ0v) is 9.98. The SMILES string of the molecule is N#CC1Oc2ccccc2N1C(=O)c1ccccc1. The number of carbonyl (C=O) groups is 1. The number of nitrogens with zero attached hydrogens (tertiary/aromatic N) is 2. The molecule has 1 aliphatic heterocycles. The Morgan fingerprint density at radius 3 is 2.53 bits per heavy atom. The molecule has 2 aromatic rings. The summed E-state index contributed by atoms with van der Waals surface area (Å²) in [6.45, 7) is 0. The second-order valence-electron chi connectivity index (χ2n) is 4.11. The molecule has 4 heteroatoms. The van der Waals surface area contributed by atoms with Crippen molar-refractivity contribution in [1.82, 2.24) is 0 Å². The molecule has 1 amide bonds. The van der Waals surface area contributed by atoms with Crippen LogP contribution < -0.4 is 9.64 Å². The lowest BCUT2D eigenvalue weighted by Gasteiger charge is -2.18. The zero-order valence-electron chi connectivity index (χ0n) is 9.98. The van der Waals surface area contributed by atoms with Gasteiger partial charge in [0.05, 0.1) is 5.69 Å². The molecule has 4 nitrogen and oxygen atoms in total. The number of hydrogen-bond donors (Lipinski definition) is 0. The fourth-order valence-electron chi connectivity index (χ4n) is 2.07. The predicted molar refractivity (Wildman–Crippen MR) is 69.7 cm³/mol. The number of para-hydroxylation sites is 2. The van der Waals surface area contributed by atoms with E-state index in [1.807, 2.05) is 24.3 Å². The van der Waals surface area contributed by atoms with E-state index in [1.54, 1.807) is 36.4 Å². The van der Waals surface area contributed by atoms with Gasteiger partial charge in [0.15, 0.2) is 0 Å². The van der Waals surface area contributed by atoms with Crippen LogP contribution in [0.2, 0.25) is 0 Å². The van der Waals surface area contributed by atoms with Gasteiger partial charge in [-0.05, 0) is 24.3 Å². The third-order valence-electron chi connectivity index (χ3n) is 2.95. The highest BCUT2D eigenvalue weighted by atomic mass is 16.5. The van der Waals surface area contributed by atoms with Gasteiger partial charge in [0.1, 0.15) is 11.8 Å². The van der Waals surface area contributed by atoms with Crippen molar-refractivity contribution in [3.05, 3.63) is 60.2 Å². The molecule has 1 aliphatic rings. The van der Waals surface area contributed by atoms with Crippen LogP contribution in [0.3, 0.4) is 0 Å². The molecule has 92 valence electrons. The van der Waals surface area contributed by atoms with Gasteiger partial charge < -0.3 is 4.74 Å². The first kappa shape index (κ1) is 11.3. The van der Waals surface area contributed by atoms with Crippen molar-refractivity contribution < 1.29 is 9.53 Å². The number of benzene rings is 2. The standard InChI is InChI=1S/C15H10N2O2/c16-10-14-17(12-8-4-5-9-13(12)19-14)15(18)11-6-2-1-3-7-11/h1-9,14H. The van der Waals surface area contributed by atoms with Crippen molar-refractivity contribution >= 4 is 11.6 Å². The molecule has 1 atom stereocenters. The van der Waals surface area contributed by atoms with Gasteiger partial charge in [0.2, 0.25) is 0 Å². The summed E-state index contributed by atoms with van der Waals surface area (Å²) in [4.78, 5) is 13.9. The van der Waals surface area contributed by atoms with Crippen LogP contribution in [0.15, 0.2) is 54.6 Å². The third kappa shape index (κ3) is 1.81. The number of carbonyl (C=O) groups excluding carboxylic acids is 1. The molecule has 0 aliphatic carbocycles. The van der Waals surface area contributed by atoms with Crippen LogP contribution in [0.25, 0.3) is 0 Å². The lowest BCUT2D eigenvalue weighted by atomic mass is 10.2. The summed E-state index contributed by atoms with van der Waals surface area (Å²) >= 11 is 0. The van der Waals surface area contributed by atoms with Crippen LogP contribution in [0.5, 0.6) is 5.75 Å². The molecule has 0 saturated heterocycles. The quantitative estimate of drug-likeness (QED) is 0.781. The van der Waals surface area contributed by atoms with E-state index in [4.69, 9.17) is 10.00 Å². The monoisotopic (exact) mass is 250 g/mol. The summed E-state index contributed by atoms with van der Waals surface area (Å²) in [5.74, 6) is 0.315. The molecule has 1 unspecified atom stereocenters. The molecule has 3 rings (SSSR count). The smallest absolute Gasteiger partial charge is 0.267 e. The first-order chi connectivity index (χ1) is 9.31. The number of hydrogen-bond acceptors (Lipinski definition) is 3. The van der Waals surface area contributed by atoms with E-state index in [1.165, 1.54) is 4.90 Å². The fraction of sp³-hybridized carbons (Fsp3) is 0.0667. The highest BCUT2D eigenvalue weighted by Gasteiger charge is 2.35. The van der Waals surface area contributed by atoms with Gasteiger partial charge in [0, 0.05) is 5.56 Å². The van der Waals surface area contributed by atoms with Crippen molar-refractivity contribution in [2.75, 3.05) is 4.90 Å². The molecule has 1 heterocycles. The van der Waals surface area contributed by atoms with Gasteiger partial charge in [-0.25, -0.2) is 0 Å². The van der Waals surface area contributed by atoms with Gasteiger partial charge >= 0.3 is 0 Å².